The molecule has 0 amide bonds. The summed E-state index contributed by atoms with van der Waals surface area (Å²) in [6.45, 7) is 1.93. The molecular formula is C14H15F2N3O. The van der Waals surface area contributed by atoms with Crippen molar-refractivity contribution in [1.29, 1.82) is 0 Å². The number of nitrogens with two attached hydrogens (primary N) is 1. The first-order chi connectivity index (χ1) is 9.51. The highest BCUT2D eigenvalue weighted by molar-refractivity contribution is 5.38. The number of hydrogen-bond donors (Lipinski definition) is 2. The summed E-state index contributed by atoms with van der Waals surface area (Å²) in [5.74, 6) is -0.902. The Balaban J connectivity index is 2.33. The molecule has 6 heteroatoms. The molecule has 0 atom stereocenters. The number of nitrogen functional groups attached to an aromatic ring is 1. The van der Waals surface area contributed by atoms with Crippen LogP contribution in [-0.4, -0.2) is 9.97 Å². The van der Waals surface area contributed by atoms with E-state index < -0.39 is 11.6 Å². The molecule has 3 N–H and O–H groups in total. The fraction of sp³-hybridized carbons (Fsp3) is 0.286. The van der Waals surface area contributed by atoms with E-state index in [4.69, 9.17) is 5.73 Å². The lowest BCUT2D eigenvalue weighted by Crippen LogP contribution is -2.20. The van der Waals surface area contributed by atoms with Gasteiger partial charge in [-0.1, -0.05) is 19.4 Å². The molecule has 1 aromatic carbocycles. The molecule has 4 nitrogen and oxygen atoms in total. The predicted octanol–water partition coefficient (Wildman–Crippen LogP) is 2.17. The van der Waals surface area contributed by atoms with Crippen molar-refractivity contribution in [2.24, 2.45) is 0 Å². The second kappa shape index (κ2) is 5.81. The molecule has 20 heavy (non-hydrogen) atoms. The molecule has 0 aliphatic rings. The number of H-pyrrole nitrogens is 1. The lowest BCUT2D eigenvalue weighted by atomic mass is 10.1. The van der Waals surface area contributed by atoms with Crippen LogP contribution in [0.5, 0.6) is 0 Å². The fourth-order valence-corrected chi connectivity index (χ4v) is 1.98. The number of rotatable bonds is 4. The Morgan fingerprint density at radius 3 is 2.70 bits per heavy atom. The number of benzene rings is 1. The van der Waals surface area contributed by atoms with E-state index in [2.05, 4.69) is 9.97 Å². The van der Waals surface area contributed by atoms with E-state index in [9.17, 15) is 13.6 Å². The van der Waals surface area contributed by atoms with Crippen LogP contribution in [0.25, 0.3) is 0 Å². The van der Waals surface area contributed by atoms with E-state index in [0.29, 0.717) is 12.0 Å². The Morgan fingerprint density at radius 1 is 1.35 bits per heavy atom. The Labute approximate surface area is 114 Å². The number of halogens is 2. The molecule has 0 aliphatic heterocycles. The fourth-order valence-electron chi connectivity index (χ4n) is 1.98. The number of aromatic nitrogens is 2. The van der Waals surface area contributed by atoms with Gasteiger partial charge in [-0.3, -0.25) is 4.79 Å². The highest BCUT2D eigenvalue weighted by Gasteiger charge is 2.11. The van der Waals surface area contributed by atoms with E-state index in [1.807, 2.05) is 6.92 Å². The summed E-state index contributed by atoms with van der Waals surface area (Å²) in [5.41, 5.74) is 6.12. The minimum atomic E-state index is -0.677. The first-order valence-corrected chi connectivity index (χ1v) is 6.32. The summed E-state index contributed by atoms with van der Waals surface area (Å²) in [7, 11) is 0. The molecule has 1 aromatic heterocycles. The van der Waals surface area contributed by atoms with Gasteiger partial charge in [0.25, 0.3) is 5.56 Å². The third-order valence-electron chi connectivity index (χ3n) is 2.97. The third-order valence-corrected chi connectivity index (χ3v) is 2.97. The van der Waals surface area contributed by atoms with Crippen molar-refractivity contribution in [3.63, 3.8) is 0 Å². The maximum Gasteiger partial charge on any atom is 0.256 e. The van der Waals surface area contributed by atoms with Gasteiger partial charge in [0.2, 0.25) is 0 Å². The normalized spacial score (nSPS) is 10.8. The topological polar surface area (TPSA) is 71.8 Å². The minimum absolute atomic E-state index is 0.0535. The van der Waals surface area contributed by atoms with Crippen LogP contribution in [0.15, 0.2) is 23.0 Å². The minimum Gasteiger partial charge on any atom is -0.383 e. The Bertz CT molecular complexity index is 683. The summed E-state index contributed by atoms with van der Waals surface area (Å²) < 4.78 is 26.4. The Kier molecular flexibility index (Phi) is 4.12. The van der Waals surface area contributed by atoms with Gasteiger partial charge in [0.05, 0.1) is 5.56 Å². The highest BCUT2D eigenvalue weighted by Crippen LogP contribution is 2.13. The van der Waals surface area contributed by atoms with Crippen molar-refractivity contribution in [2.75, 3.05) is 5.73 Å². The number of nitrogens with one attached hydrogen (secondary N) is 1. The molecular weight excluding hydrogens is 264 g/mol. The average Bonchev–Trinajstić information content (AvgIpc) is 2.37. The Morgan fingerprint density at radius 2 is 2.10 bits per heavy atom. The zero-order valence-corrected chi connectivity index (χ0v) is 11.0. The SMILES string of the molecule is CCCc1c(N)nc(Cc2ccc(F)cc2F)[nH]c1=O. The van der Waals surface area contributed by atoms with Gasteiger partial charge in [0.1, 0.15) is 23.3 Å². The number of nitrogens with zero attached hydrogens (tertiary/aromatic N) is 1. The molecule has 0 spiro atoms. The van der Waals surface area contributed by atoms with E-state index in [1.54, 1.807) is 0 Å². The molecule has 106 valence electrons. The van der Waals surface area contributed by atoms with Crippen molar-refractivity contribution < 1.29 is 8.78 Å². The monoisotopic (exact) mass is 279 g/mol. The zero-order chi connectivity index (χ0) is 14.7. The van der Waals surface area contributed by atoms with Gasteiger partial charge in [-0.25, -0.2) is 13.8 Å². The summed E-state index contributed by atoms with van der Waals surface area (Å²) >= 11 is 0. The maximum atomic E-state index is 13.5. The molecule has 0 saturated carbocycles. The summed E-state index contributed by atoms with van der Waals surface area (Å²) in [6.07, 6.45) is 1.37. The number of anilines is 1. The van der Waals surface area contributed by atoms with Crippen molar-refractivity contribution in [3.05, 3.63) is 57.1 Å². The molecule has 0 unspecified atom stereocenters. The quantitative estimate of drug-likeness (QED) is 0.901. The van der Waals surface area contributed by atoms with Crippen LogP contribution in [0, 0.1) is 11.6 Å². The van der Waals surface area contributed by atoms with E-state index in [-0.39, 0.29) is 29.2 Å². The van der Waals surface area contributed by atoms with Crippen LogP contribution in [0.4, 0.5) is 14.6 Å². The first-order valence-electron chi connectivity index (χ1n) is 6.32. The van der Waals surface area contributed by atoms with E-state index >= 15 is 0 Å². The standard InChI is InChI=1S/C14H15F2N3O/c1-2-3-10-13(17)18-12(19-14(10)20)6-8-4-5-9(15)7-11(8)16/h4-5,7H,2-3,6H2,1H3,(H3,17,18,19,20). The first kappa shape index (κ1) is 14.2. The molecule has 0 aliphatic carbocycles. The van der Waals surface area contributed by atoms with Gasteiger partial charge < -0.3 is 10.7 Å². The molecule has 2 aromatic rings. The lowest BCUT2D eigenvalue weighted by Gasteiger charge is -2.07. The van der Waals surface area contributed by atoms with Gasteiger partial charge in [0.15, 0.2) is 0 Å². The number of aromatic amines is 1. The summed E-state index contributed by atoms with van der Waals surface area (Å²) in [5, 5.41) is 0. The van der Waals surface area contributed by atoms with Crippen LogP contribution in [-0.2, 0) is 12.8 Å². The van der Waals surface area contributed by atoms with Gasteiger partial charge in [-0.15, -0.1) is 0 Å². The second-order valence-electron chi connectivity index (χ2n) is 4.54. The van der Waals surface area contributed by atoms with Crippen LogP contribution < -0.4 is 11.3 Å². The maximum absolute atomic E-state index is 13.5. The predicted molar refractivity (Wildman–Crippen MR) is 72.4 cm³/mol. The molecule has 0 radical (unpaired) electrons. The van der Waals surface area contributed by atoms with Crippen LogP contribution >= 0.6 is 0 Å². The van der Waals surface area contributed by atoms with Crippen LogP contribution in [0.3, 0.4) is 0 Å². The van der Waals surface area contributed by atoms with Crippen molar-refractivity contribution >= 4 is 5.82 Å². The largest absolute Gasteiger partial charge is 0.383 e. The molecule has 2 rings (SSSR count). The van der Waals surface area contributed by atoms with Gasteiger partial charge in [-0.2, -0.15) is 0 Å². The van der Waals surface area contributed by atoms with Crippen LogP contribution in [0.1, 0.15) is 30.3 Å². The van der Waals surface area contributed by atoms with Gasteiger partial charge in [0, 0.05) is 12.5 Å². The van der Waals surface area contributed by atoms with Gasteiger partial charge in [-0.05, 0) is 18.1 Å². The van der Waals surface area contributed by atoms with E-state index in [1.165, 1.54) is 6.07 Å². The molecule has 0 saturated heterocycles. The average molecular weight is 279 g/mol. The summed E-state index contributed by atoms with van der Waals surface area (Å²) in [6, 6.07) is 3.27. The smallest absolute Gasteiger partial charge is 0.256 e. The highest BCUT2D eigenvalue weighted by atomic mass is 19.1. The molecule has 1 heterocycles. The number of hydrogen-bond acceptors (Lipinski definition) is 3. The van der Waals surface area contributed by atoms with E-state index in [0.717, 1.165) is 18.6 Å². The van der Waals surface area contributed by atoms with Crippen LogP contribution in [0.2, 0.25) is 0 Å². The summed E-state index contributed by atoms with van der Waals surface area (Å²) in [4.78, 5) is 18.5. The molecule has 0 fully saturated rings. The van der Waals surface area contributed by atoms with Gasteiger partial charge >= 0.3 is 0 Å². The Hall–Kier alpha value is -2.24. The second-order valence-corrected chi connectivity index (χ2v) is 4.54. The van der Waals surface area contributed by atoms with Crippen molar-refractivity contribution in [2.45, 2.75) is 26.2 Å². The third kappa shape index (κ3) is 3.01. The zero-order valence-electron chi connectivity index (χ0n) is 11.0. The molecule has 0 bridgehead atoms. The van der Waals surface area contributed by atoms with Crippen molar-refractivity contribution in [1.82, 2.24) is 9.97 Å². The lowest BCUT2D eigenvalue weighted by molar-refractivity contribution is 0.573. The van der Waals surface area contributed by atoms with Crippen molar-refractivity contribution in [3.8, 4) is 0 Å².